The average molecular weight is 348 g/mol. The van der Waals surface area contributed by atoms with Crippen LogP contribution < -0.4 is 4.72 Å². The number of nitro benzene ring substituents is 1. The van der Waals surface area contributed by atoms with Gasteiger partial charge in [0.05, 0.1) is 10.7 Å². The second-order valence-corrected chi connectivity index (χ2v) is 7.31. The van der Waals surface area contributed by atoms with Crippen molar-refractivity contribution in [3.05, 3.63) is 75.8 Å². The van der Waals surface area contributed by atoms with Gasteiger partial charge in [0.25, 0.3) is 5.69 Å². The molecule has 24 heavy (non-hydrogen) atoms. The molecule has 0 radical (unpaired) electrons. The quantitative estimate of drug-likeness (QED) is 0.583. The molecule has 1 unspecified atom stereocenters. The fraction of sp³-hybridized carbons (Fsp3) is 0.294. The molecule has 0 saturated carbocycles. The number of nitrogens with zero attached hydrogens (tertiary/aromatic N) is 1. The second-order valence-electron chi connectivity index (χ2n) is 5.55. The Kier molecular flexibility index (Phi) is 6.05. The SMILES string of the molecule is CCCC(NS(=O)(=O)Cc1ccc([N+](=O)[O-])cc1)c1ccccc1. The molecular formula is C17H20N2O4S. The molecule has 0 aliphatic rings. The number of hydrogen-bond donors (Lipinski definition) is 1. The van der Waals surface area contributed by atoms with E-state index in [9.17, 15) is 18.5 Å². The Bertz CT molecular complexity index is 774. The summed E-state index contributed by atoms with van der Waals surface area (Å²) in [5.74, 6) is -0.210. The number of hydrogen-bond acceptors (Lipinski definition) is 4. The smallest absolute Gasteiger partial charge is 0.258 e. The van der Waals surface area contributed by atoms with Gasteiger partial charge >= 0.3 is 0 Å². The van der Waals surface area contributed by atoms with Gasteiger partial charge in [0, 0.05) is 18.2 Å². The fourth-order valence-electron chi connectivity index (χ4n) is 2.46. The van der Waals surface area contributed by atoms with Crippen molar-refractivity contribution in [3.63, 3.8) is 0 Å². The molecule has 0 heterocycles. The van der Waals surface area contributed by atoms with Crippen molar-refractivity contribution in [2.45, 2.75) is 31.6 Å². The summed E-state index contributed by atoms with van der Waals surface area (Å²) in [5, 5.41) is 10.6. The molecule has 2 aromatic carbocycles. The minimum Gasteiger partial charge on any atom is -0.258 e. The highest BCUT2D eigenvalue weighted by molar-refractivity contribution is 7.88. The first-order valence-electron chi connectivity index (χ1n) is 7.69. The van der Waals surface area contributed by atoms with Gasteiger partial charge in [0.2, 0.25) is 10.0 Å². The maximum Gasteiger partial charge on any atom is 0.269 e. The summed E-state index contributed by atoms with van der Waals surface area (Å²) < 4.78 is 27.6. The predicted octanol–water partition coefficient (Wildman–Crippen LogP) is 3.56. The van der Waals surface area contributed by atoms with Gasteiger partial charge in [0.1, 0.15) is 0 Å². The van der Waals surface area contributed by atoms with E-state index in [-0.39, 0.29) is 17.5 Å². The zero-order valence-electron chi connectivity index (χ0n) is 13.4. The van der Waals surface area contributed by atoms with Crippen LogP contribution in [0.25, 0.3) is 0 Å². The monoisotopic (exact) mass is 348 g/mol. The molecule has 0 fully saturated rings. The van der Waals surface area contributed by atoms with Gasteiger partial charge in [-0.1, -0.05) is 55.8 Å². The highest BCUT2D eigenvalue weighted by Crippen LogP contribution is 2.21. The van der Waals surface area contributed by atoms with Gasteiger partial charge in [0.15, 0.2) is 0 Å². The largest absolute Gasteiger partial charge is 0.269 e. The van der Waals surface area contributed by atoms with Crippen LogP contribution in [0.1, 0.15) is 36.9 Å². The molecule has 128 valence electrons. The molecule has 0 bridgehead atoms. The van der Waals surface area contributed by atoms with E-state index in [2.05, 4.69) is 4.72 Å². The molecule has 0 aliphatic heterocycles. The van der Waals surface area contributed by atoms with Crippen LogP contribution in [0.3, 0.4) is 0 Å². The van der Waals surface area contributed by atoms with E-state index in [1.165, 1.54) is 24.3 Å². The van der Waals surface area contributed by atoms with Crippen LogP contribution in [0.4, 0.5) is 5.69 Å². The Labute approximate surface area is 141 Å². The zero-order valence-corrected chi connectivity index (χ0v) is 14.2. The lowest BCUT2D eigenvalue weighted by Gasteiger charge is -2.18. The zero-order chi connectivity index (χ0) is 17.6. The Balaban J connectivity index is 2.12. The number of nitrogens with one attached hydrogen (secondary N) is 1. The fourth-order valence-corrected chi connectivity index (χ4v) is 3.86. The van der Waals surface area contributed by atoms with E-state index >= 15 is 0 Å². The number of nitro groups is 1. The van der Waals surface area contributed by atoms with E-state index < -0.39 is 14.9 Å². The first-order chi connectivity index (χ1) is 11.4. The number of non-ortho nitro benzene ring substituents is 1. The summed E-state index contributed by atoms with van der Waals surface area (Å²) >= 11 is 0. The highest BCUT2D eigenvalue weighted by atomic mass is 32.2. The molecule has 0 saturated heterocycles. The van der Waals surface area contributed by atoms with E-state index in [0.29, 0.717) is 12.0 Å². The third kappa shape index (κ3) is 5.14. The van der Waals surface area contributed by atoms with Crippen molar-refractivity contribution < 1.29 is 13.3 Å². The van der Waals surface area contributed by atoms with Crippen molar-refractivity contribution >= 4 is 15.7 Å². The number of sulfonamides is 1. The van der Waals surface area contributed by atoms with Crippen molar-refractivity contribution in [2.24, 2.45) is 0 Å². The van der Waals surface area contributed by atoms with Crippen LogP contribution in [0.2, 0.25) is 0 Å². The van der Waals surface area contributed by atoms with Crippen LogP contribution in [-0.2, 0) is 15.8 Å². The van der Waals surface area contributed by atoms with Crippen molar-refractivity contribution in [1.82, 2.24) is 4.72 Å². The minimum atomic E-state index is -3.56. The van der Waals surface area contributed by atoms with Gasteiger partial charge < -0.3 is 0 Å². The van der Waals surface area contributed by atoms with Crippen LogP contribution in [-0.4, -0.2) is 13.3 Å². The topological polar surface area (TPSA) is 89.3 Å². The van der Waals surface area contributed by atoms with E-state index in [1.807, 2.05) is 37.3 Å². The van der Waals surface area contributed by atoms with E-state index in [0.717, 1.165) is 12.0 Å². The van der Waals surface area contributed by atoms with Crippen LogP contribution in [0.5, 0.6) is 0 Å². The maximum atomic E-state index is 12.4. The third-order valence-electron chi connectivity index (χ3n) is 3.60. The molecule has 6 nitrogen and oxygen atoms in total. The Hall–Kier alpha value is -2.25. The third-order valence-corrected chi connectivity index (χ3v) is 4.96. The lowest BCUT2D eigenvalue weighted by Crippen LogP contribution is -2.29. The van der Waals surface area contributed by atoms with Crippen LogP contribution in [0.15, 0.2) is 54.6 Å². The Morgan fingerprint density at radius 2 is 1.71 bits per heavy atom. The Morgan fingerprint density at radius 3 is 2.25 bits per heavy atom. The summed E-state index contributed by atoms with van der Waals surface area (Å²) in [6.07, 6.45) is 1.54. The average Bonchev–Trinajstić information content (AvgIpc) is 2.55. The summed E-state index contributed by atoms with van der Waals surface area (Å²) in [7, 11) is -3.56. The van der Waals surface area contributed by atoms with E-state index in [1.54, 1.807) is 0 Å². The summed E-state index contributed by atoms with van der Waals surface area (Å²) in [6.45, 7) is 2.00. The van der Waals surface area contributed by atoms with Gasteiger partial charge in [-0.05, 0) is 17.5 Å². The molecule has 1 atom stereocenters. The normalized spacial score (nSPS) is 12.7. The van der Waals surface area contributed by atoms with Crippen LogP contribution >= 0.6 is 0 Å². The maximum absolute atomic E-state index is 12.4. The molecule has 0 amide bonds. The molecular weight excluding hydrogens is 328 g/mol. The van der Waals surface area contributed by atoms with E-state index in [4.69, 9.17) is 0 Å². The molecule has 2 rings (SSSR count). The van der Waals surface area contributed by atoms with Gasteiger partial charge in [-0.2, -0.15) is 0 Å². The first-order valence-corrected chi connectivity index (χ1v) is 9.35. The molecule has 0 aromatic heterocycles. The summed E-state index contributed by atoms with van der Waals surface area (Å²) in [5.41, 5.74) is 1.38. The molecule has 0 aliphatic carbocycles. The van der Waals surface area contributed by atoms with Gasteiger partial charge in [-0.25, -0.2) is 13.1 Å². The van der Waals surface area contributed by atoms with Crippen molar-refractivity contribution in [3.8, 4) is 0 Å². The lowest BCUT2D eigenvalue weighted by atomic mass is 10.0. The second kappa shape index (κ2) is 8.03. The van der Waals surface area contributed by atoms with Gasteiger partial charge in [-0.3, -0.25) is 10.1 Å². The first kappa shape index (κ1) is 18.1. The van der Waals surface area contributed by atoms with Gasteiger partial charge in [-0.15, -0.1) is 0 Å². The summed E-state index contributed by atoms with van der Waals surface area (Å²) in [6, 6.07) is 14.7. The molecule has 1 N–H and O–H groups in total. The summed E-state index contributed by atoms with van der Waals surface area (Å²) in [4.78, 5) is 10.1. The van der Waals surface area contributed by atoms with Crippen LogP contribution in [0, 0.1) is 10.1 Å². The lowest BCUT2D eigenvalue weighted by molar-refractivity contribution is -0.384. The van der Waals surface area contributed by atoms with Crippen molar-refractivity contribution in [1.29, 1.82) is 0 Å². The highest BCUT2D eigenvalue weighted by Gasteiger charge is 2.19. The molecule has 2 aromatic rings. The molecule has 0 spiro atoms. The predicted molar refractivity (Wildman–Crippen MR) is 92.9 cm³/mol. The molecule has 7 heteroatoms. The standard InChI is InChI=1S/C17H20N2O4S/c1-2-6-17(15-7-4-3-5-8-15)18-24(22,23)13-14-9-11-16(12-10-14)19(20)21/h3-5,7-12,17-18H,2,6,13H2,1H3. The Morgan fingerprint density at radius 1 is 1.08 bits per heavy atom. The minimum absolute atomic E-state index is 0.0581. The van der Waals surface area contributed by atoms with Crippen molar-refractivity contribution in [2.75, 3.05) is 0 Å². The number of benzene rings is 2. The number of rotatable bonds is 8.